The Bertz CT molecular complexity index is 1120. The summed E-state index contributed by atoms with van der Waals surface area (Å²) in [6, 6.07) is 14.6. The molecule has 0 spiro atoms. The zero-order valence-corrected chi connectivity index (χ0v) is 20.2. The minimum Gasteiger partial charge on any atom is -0.494 e. The summed E-state index contributed by atoms with van der Waals surface area (Å²) in [5.41, 5.74) is 1.24. The fourth-order valence-corrected chi connectivity index (χ4v) is 4.21. The van der Waals surface area contributed by atoms with E-state index in [1.54, 1.807) is 10.6 Å². The molecule has 6 heteroatoms. The molecule has 3 rings (SSSR count). The highest BCUT2D eigenvalue weighted by atomic mass is 16.5. The third-order valence-electron chi connectivity index (χ3n) is 5.89. The van der Waals surface area contributed by atoms with Gasteiger partial charge < -0.3 is 9.64 Å². The van der Waals surface area contributed by atoms with E-state index in [1.807, 2.05) is 68.1 Å². The van der Waals surface area contributed by atoms with E-state index in [1.165, 1.54) is 0 Å². The normalized spacial score (nSPS) is 12.0. The number of nitrogens with zero attached hydrogens (tertiary/aromatic N) is 3. The van der Waals surface area contributed by atoms with E-state index in [9.17, 15) is 9.59 Å². The molecule has 33 heavy (non-hydrogen) atoms. The van der Waals surface area contributed by atoms with E-state index in [0.717, 1.165) is 25.0 Å². The maximum atomic E-state index is 13.7. The van der Waals surface area contributed by atoms with E-state index in [0.29, 0.717) is 48.4 Å². The summed E-state index contributed by atoms with van der Waals surface area (Å²) >= 11 is 0. The number of unbranched alkanes of at least 4 members (excludes halogenated alkanes) is 2. The first-order chi connectivity index (χ1) is 16.0. The second-order valence-electron chi connectivity index (χ2n) is 8.13. The molecular weight excluding hydrogens is 414 g/mol. The Hall–Kier alpha value is -3.15. The van der Waals surface area contributed by atoms with Crippen LogP contribution in [0.2, 0.25) is 0 Å². The predicted octanol–water partition coefficient (Wildman–Crippen LogP) is 5.66. The van der Waals surface area contributed by atoms with Crippen LogP contribution in [0, 0.1) is 0 Å². The van der Waals surface area contributed by atoms with Crippen LogP contribution in [-0.4, -0.2) is 33.5 Å². The number of para-hydroxylation sites is 1. The van der Waals surface area contributed by atoms with Crippen molar-refractivity contribution in [1.29, 1.82) is 0 Å². The number of benzene rings is 2. The maximum absolute atomic E-state index is 13.7. The van der Waals surface area contributed by atoms with E-state index < -0.39 is 0 Å². The molecule has 1 unspecified atom stereocenters. The van der Waals surface area contributed by atoms with E-state index in [4.69, 9.17) is 9.72 Å². The standard InChI is InChI=1S/C27H35N3O3/c1-5-9-12-19-29(25(31)7-3)24(6-2)26-28-23-14-11-10-13-22(23)27(32)30(26)20-15-17-21(18-16-20)33-8-4/h10-11,13-18,24H,5-9,12,19H2,1-4H3. The van der Waals surface area contributed by atoms with Gasteiger partial charge in [0, 0.05) is 13.0 Å². The van der Waals surface area contributed by atoms with Crippen LogP contribution in [0.5, 0.6) is 5.75 Å². The van der Waals surface area contributed by atoms with Gasteiger partial charge in [-0.3, -0.25) is 14.2 Å². The van der Waals surface area contributed by atoms with Crippen molar-refractivity contribution in [2.24, 2.45) is 0 Å². The molecule has 1 amide bonds. The van der Waals surface area contributed by atoms with Crippen LogP contribution >= 0.6 is 0 Å². The fraction of sp³-hybridized carbons (Fsp3) is 0.444. The summed E-state index contributed by atoms with van der Waals surface area (Å²) in [4.78, 5) is 33.5. The highest BCUT2D eigenvalue weighted by Crippen LogP contribution is 2.27. The van der Waals surface area contributed by atoms with Crippen molar-refractivity contribution in [3.63, 3.8) is 0 Å². The van der Waals surface area contributed by atoms with Gasteiger partial charge in [-0.2, -0.15) is 0 Å². The quantitative estimate of drug-likeness (QED) is 0.354. The molecule has 1 aromatic heterocycles. The molecule has 0 aliphatic carbocycles. The van der Waals surface area contributed by atoms with Gasteiger partial charge in [-0.05, 0) is 56.2 Å². The minimum absolute atomic E-state index is 0.0820. The van der Waals surface area contributed by atoms with Crippen molar-refractivity contribution in [3.8, 4) is 11.4 Å². The summed E-state index contributed by atoms with van der Waals surface area (Å²) in [6.07, 6.45) is 4.15. The lowest BCUT2D eigenvalue weighted by atomic mass is 10.1. The zero-order chi connectivity index (χ0) is 23.8. The molecule has 1 heterocycles. The number of aromatic nitrogens is 2. The molecule has 2 aromatic carbocycles. The van der Waals surface area contributed by atoms with Crippen molar-refractivity contribution in [2.45, 2.75) is 65.8 Å². The molecule has 6 nitrogen and oxygen atoms in total. The Morgan fingerprint density at radius 2 is 1.76 bits per heavy atom. The smallest absolute Gasteiger partial charge is 0.266 e. The third kappa shape index (κ3) is 5.44. The number of carbonyl (C=O) groups excluding carboxylic acids is 1. The molecule has 176 valence electrons. The summed E-state index contributed by atoms with van der Waals surface area (Å²) in [7, 11) is 0. The average Bonchev–Trinajstić information content (AvgIpc) is 2.84. The SMILES string of the molecule is CCCCCN(C(=O)CC)C(CC)c1nc2ccccc2c(=O)n1-c1ccc(OCC)cc1. The highest BCUT2D eigenvalue weighted by Gasteiger charge is 2.28. The van der Waals surface area contributed by atoms with Crippen LogP contribution in [0.1, 0.15) is 71.7 Å². The van der Waals surface area contributed by atoms with Crippen LogP contribution < -0.4 is 10.3 Å². The Morgan fingerprint density at radius 3 is 2.39 bits per heavy atom. The van der Waals surface area contributed by atoms with Gasteiger partial charge in [-0.15, -0.1) is 0 Å². The van der Waals surface area contributed by atoms with Crippen LogP contribution in [0.4, 0.5) is 0 Å². The van der Waals surface area contributed by atoms with E-state index >= 15 is 0 Å². The Morgan fingerprint density at radius 1 is 1.03 bits per heavy atom. The molecule has 1 atom stereocenters. The predicted molar refractivity (Wildman–Crippen MR) is 133 cm³/mol. The summed E-state index contributed by atoms with van der Waals surface area (Å²) < 4.78 is 7.25. The summed E-state index contributed by atoms with van der Waals surface area (Å²) in [5, 5.41) is 0.560. The number of rotatable bonds is 11. The molecule has 0 aliphatic heterocycles. The van der Waals surface area contributed by atoms with Crippen LogP contribution in [0.3, 0.4) is 0 Å². The van der Waals surface area contributed by atoms with Crippen molar-refractivity contribution < 1.29 is 9.53 Å². The maximum Gasteiger partial charge on any atom is 0.266 e. The number of carbonyl (C=O) groups is 1. The van der Waals surface area contributed by atoms with Crippen LogP contribution in [0.15, 0.2) is 53.3 Å². The lowest BCUT2D eigenvalue weighted by Gasteiger charge is -2.32. The average molecular weight is 450 g/mol. The Labute approximate surface area is 196 Å². The first kappa shape index (κ1) is 24.5. The summed E-state index contributed by atoms with van der Waals surface area (Å²) in [6.45, 7) is 9.25. The Kier molecular flexibility index (Phi) is 8.64. The molecule has 0 saturated heterocycles. The van der Waals surface area contributed by atoms with Gasteiger partial charge in [-0.25, -0.2) is 4.98 Å². The molecule has 0 saturated carbocycles. The first-order valence-corrected chi connectivity index (χ1v) is 12.1. The van der Waals surface area contributed by atoms with Gasteiger partial charge in [-0.1, -0.05) is 45.7 Å². The zero-order valence-electron chi connectivity index (χ0n) is 20.2. The van der Waals surface area contributed by atoms with Gasteiger partial charge in [0.05, 0.1) is 29.2 Å². The molecule has 0 radical (unpaired) electrons. The molecule has 0 bridgehead atoms. The highest BCUT2D eigenvalue weighted by molar-refractivity contribution is 5.79. The van der Waals surface area contributed by atoms with Crippen LogP contribution in [0.25, 0.3) is 16.6 Å². The first-order valence-electron chi connectivity index (χ1n) is 12.1. The lowest BCUT2D eigenvalue weighted by molar-refractivity contribution is -0.133. The monoisotopic (exact) mass is 449 g/mol. The largest absolute Gasteiger partial charge is 0.494 e. The molecule has 0 aliphatic rings. The topological polar surface area (TPSA) is 64.4 Å². The van der Waals surface area contributed by atoms with Gasteiger partial charge in [0.25, 0.3) is 5.56 Å². The second kappa shape index (κ2) is 11.6. The second-order valence-corrected chi connectivity index (χ2v) is 8.13. The summed E-state index contributed by atoms with van der Waals surface area (Å²) in [5.74, 6) is 1.43. The fourth-order valence-electron chi connectivity index (χ4n) is 4.21. The van der Waals surface area contributed by atoms with E-state index in [-0.39, 0.29) is 17.5 Å². The number of hydrogen-bond acceptors (Lipinski definition) is 4. The van der Waals surface area contributed by atoms with Gasteiger partial charge in [0.1, 0.15) is 11.6 Å². The van der Waals surface area contributed by atoms with Crippen molar-refractivity contribution in [1.82, 2.24) is 14.5 Å². The number of fused-ring (bicyclic) bond motifs is 1. The Balaban J connectivity index is 2.20. The lowest BCUT2D eigenvalue weighted by Crippen LogP contribution is -2.38. The van der Waals surface area contributed by atoms with Crippen LogP contribution in [-0.2, 0) is 4.79 Å². The van der Waals surface area contributed by atoms with Crippen molar-refractivity contribution in [2.75, 3.05) is 13.2 Å². The van der Waals surface area contributed by atoms with Gasteiger partial charge in [0.15, 0.2) is 0 Å². The molecule has 0 fully saturated rings. The number of hydrogen-bond donors (Lipinski definition) is 0. The number of ether oxygens (including phenoxy) is 1. The van der Waals surface area contributed by atoms with Gasteiger partial charge in [0.2, 0.25) is 5.91 Å². The molecular formula is C27H35N3O3. The van der Waals surface area contributed by atoms with E-state index in [2.05, 4.69) is 6.92 Å². The number of amides is 1. The van der Waals surface area contributed by atoms with Crippen molar-refractivity contribution >= 4 is 16.8 Å². The van der Waals surface area contributed by atoms with Crippen molar-refractivity contribution in [3.05, 3.63) is 64.7 Å². The van der Waals surface area contributed by atoms with Gasteiger partial charge >= 0.3 is 0 Å². The molecule has 0 N–H and O–H groups in total. The minimum atomic E-state index is -0.293. The molecule has 3 aromatic rings. The third-order valence-corrected chi connectivity index (χ3v) is 5.89.